The molecular weight excluding hydrogens is 313 g/mol. The fraction of sp³-hybridized carbons (Fsp3) is 0.625. The van der Waals surface area contributed by atoms with E-state index in [0.717, 1.165) is 42.9 Å². The molecule has 1 N–H and O–H groups in total. The van der Waals surface area contributed by atoms with Crippen molar-refractivity contribution in [3.63, 3.8) is 0 Å². The Kier molecular flexibility index (Phi) is 7.16. The van der Waals surface area contributed by atoms with Crippen LogP contribution in [-0.2, 0) is 0 Å². The first-order valence-electron chi connectivity index (χ1n) is 7.45. The van der Waals surface area contributed by atoms with Crippen molar-refractivity contribution in [2.75, 3.05) is 26.2 Å². The number of aryl methyl sites for hydroxylation is 2. The summed E-state index contributed by atoms with van der Waals surface area (Å²) in [6, 6.07) is 5.96. The number of hydrogen-bond donors (Lipinski definition) is 1. The van der Waals surface area contributed by atoms with Crippen molar-refractivity contribution in [3.05, 3.63) is 34.9 Å². The molecule has 0 aliphatic carbocycles. The Bertz CT molecular complexity index is 451. The number of benzene rings is 1. The van der Waals surface area contributed by atoms with Crippen molar-refractivity contribution in [2.24, 2.45) is 0 Å². The minimum absolute atomic E-state index is 0. The van der Waals surface area contributed by atoms with E-state index < -0.39 is 12.6 Å². The molecule has 0 saturated carbocycles. The third kappa shape index (κ3) is 5.78. The average molecular weight is 337 g/mol. The zero-order valence-corrected chi connectivity index (χ0v) is 13.9. The molecule has 1 aliphatic rings. The number of hydrogen-bond acceptors (Lipinski definition) is 2. The molecule has 0 bridgehead atoms. The van der Waals surface area contributed by atoms with E-state index >= 15 is 0 Å². The molecule has 1 heterocycles. The first kappa shape index (κ1) is 19.3. The molecule has 2 nitrogen and oxygen atoms in total. The molecule has 1 fully saturated rings. The molecule has 126 valence electrons. The van der Waals surface area contributed by atoms with Crippen LogP contribution >= 0.6 is 12.4 Å². The molecule has 1 saturated heterocycles. The Balaban J connectivity index is 0.00000242. The van der Waals surface area contributed by atoms with Crippen molar-refractivity contribution in [1.82, 2.24) is 10.2 Å². The summed E-state index contributed by atoms with van der Waals surface area (Å²) in [5.74, 6) is 0. The quantitative estimate of drug-likeness (QED) is 0.893. The standard InChI is InChI=1S/C16H23F3N2.ClH/c1-12-9-13(2)11-14(10-12)15(3-4-16(17,18)19)21-7-5-20-6-8-21;/h9-11,15,20H,3-8H2,1-2H3;1H/t15-;/m0./s1. The second-order valence-corrected chi connectivity index (χ2v) is 5.88. The molecular formula is C16H24ClF3N2. The molecule has 1 atom stereocenters. The SMILES string of the molecule is Cc1cc(C)cc([C@H](CCC(F)(F)F)N2CCNCC2)c1.Cl. The van der Waals surface area contributed by atoms with Gasteiger partial charge in [-0.2, -0.15) is 13.2 Å². The Morgan fingerprint density at radius 3 is 2.14 bits per heavy atom. The van der Waals surface area contributed by atoms with Crippen LogP contribution in [0, 0.1) is 13.8 Å². The monoisotopic (exact) mass is 336 g/mol. The van der Waals surface area contributed by atoms with Gasteiger partial charge in [0, 0.05) is 38.6 Å². The lowest BCUT2D eigenvalue weighted by molar-refractivity contribution is -0.138. The van der Waals surface area contributed by atoms with E-state index in [1.165, 1.54) is 0 Å². The van der Waals surface area contributed by atoms with E-state index in [0.29, 0.717) is 0 Å². The van der Waals surface area contributed by atoms with Crippen LogP contribution in [0.15, 0.2) is 18.2 Å². The predicted octanol–water partition coefficient (Wildman–Crippen LogP) is 4.01. The smallest absolute Gasteiger partial charge is 0.314 e. The number of nitrogens with zero attached hydrogens (tertiary/aromatic N) is 1. The van der Waals surface area contributed by atoms with Gasteiger partial charge in [0.1, 0.15) is 0 Å². The fourth-order valence-corrected chi connectivity index (χ4v) is 3.06. The molecule has 1 aliphatic heterocycles. The molecule has 1 aromatic rings. The van der Waals surface area contributed by atoms with E-state index in [1.807, 2.05) is 26.0 Å². The first-order chi connectivity index (χ1) is 9.85. The Labute approximate surface area is 136 Å². The Hall–Kier alpha value is -0.780. The molecule has 22 heavy (non-hydrogen) atoms. The molecule has 0 unspecified atom stereocenters. The van der Waals surface area contributed by atoms with Gasteiger partial charge in [-0.05, 0) is 25.8 Å². The lowest BCUT2D eigenvalue weighted by Gasteiger charge is -2.35. The zero-order chi connectivity index (χ0) is 15.5. The highest BCUT2D eigenvalue weighted by Gasteiger charge is 2.31. The molecule has 2 rings (SSSR count). The third-order valence-electron chi connectivity index (χ3n) is 3.92. The summed E-state index contributed by atoms with van der Waals surface area (Å²) in [5.41, 5.74) is 3.23. The van der Waals surface area contributed by atoms with Gasteiger partial charge in [-0.15, -0.1) is 12.4 Å². The number of rotatable bonds is 4. The molecule has 0 radical (unpaired) electrons. The van der Waals surface area contributed by atoms with Crippen molar-refractivity contribution in [3.8, 4) is 0 Å². The van der Waals surface area contributed by atoms with Crippen molar-refractivity contribution in [2.45, 2.75) is 38.9 Å². The normalized spacial score (nSPS) is 17.9. The number of halogens is 4. The number of alkyl halides is 3. The van der Waals surface area contributed by atoms with Gasteiger partial charge in [0.2, 0.25) is 0 Å². The van der Waals surface area contributed by atoms with Crippen LogP contribution < -0.4 is 5.32 Å². The molecule has 0 aromatic heterocycles. The van der Waals surface area contributed by atoms with Crippen LogP contribution in [0.4, 0.5) is 13.2 Å². The minimum Gasteiger partial charge on any atom is -0.314 e. The predicted molar refractivity (Wildman–Crippen MR) is 85.6 cm³/mol. The second kappa shape index (κ2) is 8.18. The molecule has 0 amide bonds. The molecule has 6 heteroatoms. The fourth-order valence-electron chi connectivity index (χ4n) is 3.06. The summed E-state index contributed by atoms with van der Waals surface area (Å²) < 4.78 is 37.9. The molecule has 1 aromatic carbocycles. The van der Waals surface area contributed by atoms with Crippen LogP contribution in [-0.4, -0.2) is 37.3 Å². The van der Waals surface area contributed by atoms with E-state index in [1.54, 1.807) is 0 Å². The largest absolute Gasteiger partial charge is 0.389 e. The highest BCUT2D eigenvalue weighted by atomic mass is 35.5. The van der Waals surface area contributed by atoms with Gasteiger partial charge in [-0.3, -0.25) is 4.90 Å². The van der Waals surface area contributed by atoms with Crippen LogP contribution in [0.2, 0.25) is 0 Å². The van der Waals surface area contributed by atoms with E-state index in [2.05, 4.69) is 16.3 Å². The summed E-state index contributed by atoms with van der Waals surface area (Å²) >= 11 is 0. The summed E-state index contributed by atoms with van der Waals surface area (Å²) in [6.45, 7) is 7.27. The van der Waals surface area contributed by atoms with Crippen LogP contribution in [0.1, 0.15) is 35.6 Å². The molecule has 0 spiro atoms. The first-order valence-corrected chi connectivity index (χ1v) is 7.45. The van der Waals surface area contributed by atoms with Crippen molar-refractivity contribution < 1.29 is 13.2 Å². The highest BCUT2D eigenvalue weighted by Crippen LogP contribution is 2.32. The summed E-state index contributed by atoms with van der Waals surface area (Å²) in [6.07, 6.45) is -4.69. The van der Waals surface area contributed by atoms with Crippen LogP contribution in [0.25, 0.3) is 0 Å². The van der Waals surface area contributed by atoms with Gasteiger partial charge >= 0.3 is 6.18 Å². The van der Waals surface area contributed by atoms with E-state index in [4.69, 9.17) is 0 Å². The topological polar surface area (TPSA) is 15.3 Å². The van der Waals surface area contributed by atoms with Crippen molar-refractivity contribution in [1.29, 1.82) is 0 Å². The Morgan fingerprint density at radius 1 is 1.09 bits per heavy atom. The zero-order valence-electron chi connectivity index (χ0n) is 13.0. The van der Waals surface area contributed by atoms with Gasteiger partial charge in [-0.1, -0.05) is 29.3 Å². The van der Waals surface area contributed by atoms with Gasteiger partial charge in [0.15, 0.2) is 0 Å². The van der Waals surface area contributed by atoms with Crippen LogP contribution in [0.5, 0.6) is 0 Å². The third-order valence-corrected chi connectivity index (χ3v) is 3.92. The summed E-state index contributed by atoms with van der Waals surface area (Å²) in [4.78, 5) is 2.18. The van der Waals surface area contributed by atoms with Gasteiger partial charge in [-0.25, -0.2) is 0 Å². The number of piperazine rings is 1. The van der Waals surface area contributed by atoms with Gasteiger partial charge < -0.3 is 5.32 Å². The lowest BCUT2D eigenvalue weighted by atomic mass is 9.96. The average Bonchev–Trinajstić information content (AvgIpc) is 2.37. The summed E-state index contributed by atoms with van der Waals surface area (Å²) in [7, 11) is 0. The van der Waals surface area contributed by atoms with Crippen molar-refractivity contribution >= 4 is 12.4 Å². The lowest BCUT2D eigenvalue weighted by Crippen LogP contribution is -2.45. The second-order valence-electron chi connectivity index (χ2n) is 5.88. The van der Waals surface area contributed by atoms with E-state index in [9.17, 15) is 13.2 Å². The van der Waals surface area contributed by atoms with E-state index in [-0.39, 0.29) is 24.9 Å². The maximum atomic E-state index is 12.6. The maximum Gasteiger partial charge on any atom is 0.389 e. The van der Waals surface area contributed by atoms with Crippen LogP contribution in [0.3, 0.4) is 0 Å². The minimum atomic E-state index is -4.09. The van der Waals surface area contributed by atoms with Gasteiger partial charge in [0.05, 0.1) is 0 Å². The maximum absolute atomic E-state index is 12.6. The summed E-state index contributed by atoms with van der Waals surface area (Å²) in [5, 5.41) is 3.25. The highest BCUT2D eigenvalue weighted by molar-refractivity contribution is 5.85. The Morgan fingerprint density at radius 2 is 1.64 bits per heavy atom. The number of nitrogens with one attached hydrogen (secondary N) is 1. The van der Waals surface area contributed by atoms with Gasteiger partial charge in [0.25, 0.3) is 0 Å².